The number of rotatable bonds is 2. The van der Waals surface area contributed by atoms with Gasteiger partial charge in [-0.05, 0) is 36.9 Å². The van der Waals surface area contributed by atoms with E-state index in [1.165, 1.54) is 0 Å². The van der Waals surface area contributed by atoms with Gasteiger partial charge in [-0.1, -0.05) is 0 Å². The molecule has 18 heavy (non-hydrogen) atoms. The van der Waals surface area contributed by atoms with Crippen molar-refractivity contribution in [2.45, 2.75) is 16.3 Å². The predicted octanol–water partition coefficient (Wildman–Crippen LogP) is 3.13. The fourth-order valence-corrected chi connectivity index (χ4v) is 3.42. The van der Waals surface area contributed by atoms with E-state index in [4.69, 9.17) is 5.73 Å². The summed E-state index contributed by atoms with van der Waals surface area (Å²) in [6, 6.07) is 5.65. The number of anilines is 1. The number of thiazole rings is 1. The van der Waals surface area contributed by atoms with E-state index in [1.54, 1.807) is 29.4 Å². The Kier molecular flexibility index (Phi) is 2.89. The van der Waals surface area contributed by atoms with Crippen molar-refractivity contribution in [3.05, 3.63) is 35.6 Å². The van der Waals surface area contributed by atoms with Crippen molar-refractivity contribution in [1.29, 1.82) is 0 Å². The minimum absolute atomic E-state index is 0.717. The number of fused-ring (bicyclic) bond motifs is 1. The molecule has 2 aromatic heterocycles. The van der Waals surface area contributed by atoms with Crippen LogP contribution in [0.15, 0.2) is 39.3 Å². The first-order valence-corrected chi connectivity index (χ1v) is 7.02. The Hall–Kier alpha value is -1.66. The number of benzene rings is 1. The lowest BCUT2D eigenvalue weighted by molar-refractivity contribution is 1.09. The Bertz CT molecular complexity index is 708. The van der Waals surface area contributed by atoms with Gasteiger partial charge in [-0.15, -0.1) is 11.3 Å². The Morgan fingerprint density at radius 1 is 1.28 bits per heavy atom. The summed E-state index contributed by atoms with van der Waals surface area (Å²) in [4.78, 5) is 13.0. The molecule has 0 aliphatic heterocycles. The Labute approximate surface area is 112 Å². The normalized spacial score (nSPS) is 10.9. The summed E-state index contributed by atoms with van der Waals surface area (Å²) in [7, 11) is 0. The van der Waals surface area contributed by atoms with Gasteiger partial charge < -0.3 is 5.73 Å². The highest BCUT2D eigenvalue weighted by atomic mass is 32.2. The van der Waals surface area contributed by atoms with Crippen LogP contribution in [-0.2, 0) is 0 Å². The molecule has 0 aliphatic carbocycles. The average molecular weight is 274 g/mol. The minimum Gasteiger partial charge on any atom is -0.399 e. The van der Waals surface area contributed by atoms with Crippen molar-refractivity contribution in [2.75, 3.05) is 5.73 Å². The number of aryl methyl sites for hydroxylation is 1. The van der Waals surface area contributed by atoms with E-state index in [1.807, 2.05) is 30.5 Å². The van der Waals surface area contributed by atoms with Crippen LogP contribution in [0.5, 0.6) is 0 Å². The molecule has 4 nitrogen and oxygen atoms in total. The first-order valence-electron chi connectivity index (χ1n) is 5.32. The Balaban J connectivity index is 2.08. The average Bonchev–Trinajstić information content (AvgIpc) is 2.76. The van der Waals surface area contributed by atoms with Crippen molar-refractivity contribution in [3.63, 3.8) is 0 Å². The SMILES string of the molecule is Cc1csc(Sc2ncnc3ccc(N)cc23)n1. The zero-order chi connectivity index (χ0) is 12.5. The molecule has 3 rings (SSSR count). The van der Waals surface area contributed by atoms with Crippen LogP contribution >= 0.6 is 23.1 Å². The highest BCUT2D eigenvalue weighted by Crippen LogP contribution is 2.33. The topological polar surface area (TPSA) is 64.7 Å². The van der Waals surface area contributed by atoms with E-state index >= 15 is 0 Å². The maximum Gasteiger partial charge on any atom is 0.156 e. The van der Waals surface area contributed by atoms with Crippen molar-refractivity contribution >= 4 is 39.7 Å². The van der Waals surface area contributed by atoms with E-state index in [-0.39, 0.29) is 0 Å². The molecule has 0 amide bonds. The molecule has 0 bridgehead atoms. The fraction of sp³-hybridized carbons (Fsp3) is 0.0833. The van der Waals surface area contributed by atoms with Crippen LogP contribution < -0.4 is 5.73 Å². The van der Waals surface area contributed by atoms with Gasteiger partial charge >= 0.3 is 0 Å². The number of hydrogen-bond donors (Lipinski definition) is 1. The summed E-state index contributed by atoms with van der Waals surface area (Å²) >= 11 is 3.16. The molecule has 0 saturated carbocycles. The summed E-state index contributed by atoms with van der Waals surface area (Å²) in [5.74, 6) is 0. The molecule has 2 heterocycles. The Morgan fingerprint density at radius 3 is 2.94 bits per heavy atom. The lowest BCUT2D eigenvalue weighted by Crippen LogP contribution is -1.89. The predicted molar refractivity (Wildman–Crippen MR) is 74.9 cm³/mol. The lowest BCUT2D eigenvalue weighted by atomic mass is 10.2. The molecular formula is C12H10N4S2. The van der Waals surface area contributed by atoms with Crippen LogP contribution in [0.2, 0.25) is 0 Å². The number of aromatic nitrogens is 3. The molecule has 6 heteroatoms. The molecule has 0 saturated heterocycles. The molecule has 0 aliphatic rings. The van der Waals surface area contributed by atoms with Crippen LogP contribution in [0.3, 0.4) is 0 Å². The van der Waals surface area contributed by atoms with Crippen molar-refractivity contribution in [1.82, 2.24) is 15.0 Å². The maximum absolute atomic E-state index is 5.81. The third kappa shape index (κ3) is 2.16. The summed E-state index contributed by atoms with van der Waals surface area (Å²) in [6.07, 6.45) is 1.57. The molecule has 3 aromatic rings. The van der Waals surface area contributed by atoms with Gasteiger partial charge in [0.25, 0.3) is 0 Å². The van der Waals surface area contributed by atoms with Gasteiger partial charge in [-0.3, -0.25) is 0 Å². The van der Waals surface area contributed by atoms with Crippen LogP contribution in [0.25, 0.3) is 10.9 Å². The monoisotopic (exact) mass is 274 g/mol. The van der Waals surface area contributed by atoms with Gasteiger partial charge in [-0.25, -0.2) is 15.0 Å². The molecule has 0 unspecified atom stereocenters. The summed E-state index contributed by atoms with van der Waals surface area (Å²) in [5, 5.41) is 3.89. The lowest BCUT2D eigenvalue weighted by Gasteiger charge is -2.03. The van der Waals surface area contributed by atoms with Crippen molar-refractivity contribution in [3.8, 4) is 0 Å². The number of nitrogen functional groups attached to an aromatic ring is 1. The third-order valence-electron chi connectivity index (χ3n) is 2.40. The van der Waals surface area contributed by atoms with Gasteiger partial charge in [0.2, 0.25) is 0 Å². The zero-order valence-electron chi connectivity index (χ0n) is 9.62. The first-order chi connectivity index (χ1) is 8.72. The number of hydrogen-bond acceptors (Lipinski definition) is 6. The Morgan fingerprint density at radius 2 is 2.17 bits per heavy atom. The van der Waals surface area contributed by atoms with Gasteiger partial charge in [0.1, 0.15) is 11.4 Å². The molecule has 90 valence electrons. The van der Waals surface area contributed by atoms with Crippen molar-refractivity contribution in [2.24, 2.45) is 0 Å². The molecular weight excluding hydrogens is 264 g/mol. The summed E-state index contributed by atoms with van der Waals surface area (Å²) < 4.78 is 0.981. The van der Waals surface area contributed by atoms with Gasteiger partial charge in [-0.2, -0.15) is 0 Å². The standard InChI is InChI=1S/C12H10N4S2/c1-7-5-17-12(16-7)18-11-9-4-8(13)2-3-10(9)14-6-15-11/h2-6H,13H2,1H3. The molecule has 1 aromatic carbocycles. The van der Waals surface area contributed by atoms with E-state index in [9.17, 15) is 0 Å². The molecule has 2 N–H and O–H groups in total. The van der Waals surface area contributed by atoms with Crippen LogP contribution in [0, 0.1) is 6.92 Å². The number of nitrogens with two attached hydrogens (primary N) is 1. The summed E-state index contributed by atoms with van der Waals surface area (Å²) in [5.41, 5.74) is 8.46. The second kappa shape index (κ2) is 4.55. The smallest absolute Gasteiger partial charge is 0.156 e. The largest absolute Gasteiger partial charge is 0.399 e. The summed E-state index contributed by atoms with van der Waals surface area (Å²) in [6.45, 7) is 1.98. The van der Waals surface area contributed by atoms with Crippen LogP contribution in [-0.4, -0.2) is 15.0 Å². The second-order valence-corrected chi connectivity index (χ2v) is 5.91. The zero-order valence-corrected chi connectivity index (χ0v) is 11.3. The second-order valence-electron chi connectivity index (χ2n) is 3.81. The van der Waals surface area contributed by atoms with Crippen molar-refractivity contribution < 1.29 is 0 Å². The van der Waals surface area contributed by atoms with E-state index < -0.39 is 0 Å². The highest BCUT2D eigenvalue weighted by molar-refractivity contribution is 8.01. The van der Waals surface area contributed by atoms with Crippen LogP contribution in [0.1, 0.15) is 5.69 Å². The van der Waals surface area contributed by atoms with E-state index in [0.29, 0.717) is 0 Å². The van der Waals surface area contributed by atoms with Crippen LogP contribution in [0.4, 0.5) is 5.69 Å². The fourth-order valence-electron chi connectivity index (χ4n) is 1.59. The molecule has 0 spiro atoms. The van der Waals surface area contributed by atoms with E-state index in [2.05, 4.69) is 15.0 Å². The minimum atomic E-state index is 0.717. The molecule has 0 atom stereocenters. The van der Waals surface area contributed by atoms with E-state index in [0.717, 1.165) is 31.6 Å². The third-order valence-corrected chi connectivity index (χ3v) is 4.48. The first kappa shape index (κ1) is 11.4. The van der Waals surface area contributed by atoms with Gasteiger partial charge in [0.05, 0.1) is 5.52 Å². The molecule has 0 fully saturated rings. The quantitative estimate of drug-likeness (QED) is 0.574. The van der Waals surface area contributed by atoms with Gasteiger partial charge in [0, 0.05) is 22.1 Å². The number of nitrogens with zero attached hydrogens (tertiary/aromatic N) is 3. The maximum atomic E-state index is 5.81. The highest BCUT2D eigenvalue weighted by Gasteiger charge is 2.08. The molecule has 0 radical (unpaired) electrons. The van der Waals surface area contributed by atoms with Gasteiger partial charge in [0.15, 0.2) is 4.34 Å².